The van der Waals surface area contributed by atoms with Crippen molar-refractivity contribution in [1.29, 1.82) is 0 Å². The fraction of sp³-hybridized carbons (Fsp3) is 0.333. The van der Waals surface area contributed by atoms with E-state index in [0.29, 0.717) is 25.3 Å². The van der Waals surface area contributed by atoms with E-state index in [-0.39, 0.29) is 5.91 Å². The van der Waals surface area contributed by atoms with Crippen LogP contribution in [0.2, 0.25) is 0 Å². The van der Waals surface area contributed by atoms with Gasteiger partial charge in [-0.1, -0.05) is 12.1 Å². The van der Waals surface area contributed by atoms with Crippen molar-refractivity contribution in [2.75, 3.05) is 18.5 Å². The van der Waals surface area contributed by atoms with Gasteiger partial charge in [0.25, 0.3) is 0 Å². The van der Waals surface area contributed by atoms with Crippen LogP contribution in [0.5, 0.6) is 0 Å². The van der Waals surface area contributed by atoms with E-state index >= 15 is 0 Å². The van der Waals surface area contributed by atoms with Crippen LogP contribution in [-0.4, -0.2) is 30.2 Å². The highest BCUT2D eigenvalue weighted by Gasteiger charge is 2.05. The van der Waals surface area contributed by atoms with Gasteiger partial charge in [0.2, 0.25) is 5.91 Å². The predicted molar refractivity (Wildman–Crippen MR) is 77.6 cm³/mol. The molecule has 0 aliphatic carbocycles. The maximum atomic E-state index is 11.7. The first-order valence-corrected chi connectivity index (χ1v) is 6.42. The Bertz CT molecular complexity index is 509. The highest BCUT2D eigenvalue weighted by Crippen LogP contribution is 2.18. The van der Waals surface area contributed by atoms with Crippen LogP contribution < -0.4 is 5.32 Å². The van der Waals surface area contributed by atoms with Gasteiger partial charge in [-0.25, -0.2) is 4.79 Å². The van der Waals surface area contributed by atoms with E-state index in [1.165, 1.54) is 6.08 Å². The largest absolute Gasteiger partial charge is 0.478 e. The van der Waals surface area contributed by atoms with Crippen molar-refractivity contribution in [1.82, 2.24) is 0 Å². The molecule has 0 aromatic heterocycles. The number of carbonyl (C=O) groups is 2. The Balaban J connectivity index is 2.71. The standard InChI is InChI=1S/C15H19NO4/c1-3-20-9-8-14(17)16-13-10-12(5-4-11(13)2)6-7-15(18)19/h4-7,10H,3,8-9H2,1-2H3,(H,16,17)(H,18,19). The number of nitrogens with one attached hydrogen (secondary N) is 1. The minimum absolute atomic E-state index is 0.124. The molecular formula is C15H19NO4. The molecule has 1 amide bonds. The van der Waals surface area contributed by atoms with Crippen LogP contribution in [0.25, 0.3) is 6.08 Å². The van der Waals surface area contributed by atoms with Gasteiger partial charge >= 0.3 is 5.97 Å². The Kier molecular flexibility index (Phi) is 6.46. The molecule has 0 saturated carbocycles. The van der Waals surface area contributed by atoms with Crippen molar-refractivity contribution in [2.45, 2.75) is 20.3 Å². The number of rotatable bonds is 7. The summed E-state index contributed by atoms with van der Waals surface area (Å²) in [5, 5.41) is 11.4. The summed E-state index contributed by atoms with van der Waals surface area (Å²) in [4.78, 5) is 22.2. The van der Waals surface area contributed by atoms with E-state index in [1.807, 2.05) is 19.9 Å². The smallest absolute Gasteiger partial charge is 0.328 e. The maximum absolute atomic E-state index is 11.7. The molecule has 2 N–H and O–H groups in total. The highest BCUT2D eigenvalue weighted by molar-refractivity contribution is 5.92. The van der Waals surface area contributed by atoms with E-state index in [0.717, 1.165) is 17.2 Å². The highest BCUT2D eigenvalue weighted by atomic mass is 16.5. The number of hydrogen-bond donors (Lipinski definition) is 2. The van der Waals surface area contributed by atoms with Gasteiger partial charge in [-0.15, -0.1) is 0 Å². The molecule has 20 heavy (non-hydrogen) atoms. The van der Waals surface area contributed by atoms with Gasteiger partial charge < -0.3 is 15.2 Å². The maximum Gasteiger partial charge on any atom is 0.328 e. The molecule has 0 radical (unpaired) electrons. The minimum atomic E-state index is -1.01. The van der Waals surface area contributed by atoms with Gasteiger partial charge in [0.1, 0.15) is 0 Å². The fourth-order valence-electron chi connectivity index (χ4n) is 1.57. The molecule has 0 aliphatic rings. The van der Waals surface area contributed by atoms with E-state index < -0.39 is 5.97 Å². The predicted octanol–water partition coefficient (Wildman–Crippen LogP) is 2.46. The SMILES string of the molecule is CCOCCC(=O)Nc1cc(C=CC(=O)O)ccc1C. The van der Waals surface area contributed by atoms with Crippen molar-refractivity contribution in [2.24, 2.45) is 0 Å². The molecule has 0 saturated heterocycles. The number of carboxylic acid groups (broad SMARTS) is 1. The van der Waals surface area contributed by atoms with Crippen molar-refractivity contribution in [3.05, 3.63) is 35.4 Å². The molecule has 0 bridgehead atoms. The summed E-state index contributed by atoms with van der Waals surface area (Å²) < 4.78 is 5.12. The zero-order valence-electron chi connectivity index (χ0n) is 11.7. The molecule has 0 fully saturated rings. The summed E-state index contributed by atoms with van der Waals surface area (Å²) in [5.74, 6) is -1.13. The molecule has 1 rings (SSSR count). The lowest BCUT2D eigenvalue weighted by Gasteiger charge is -2.09. The molecule has 5 heteroatoms. The van der Waals surface area contributed by atoms with Crippen LogP contribution in [0, 0.1) is 6.92 Å². The molecule has 0 heterocycles. The number of carbonyl (C=O) groups excluding carboxylic acids is 1. The summed E-state index contributed by atoms with van der Waals surface area (Å²) in [6.45, 7) is 4.73. The van der Waals surface area contributed by atoms with E-state index in [1.54, 1.807) is 12.1 Å². The first-order valence-electron chi connectivity index (χ1n) is 6.42. The summed E-state index contributed by atoms with van der Waals surface area (Å²) >= 11 is 0. The molecule has 0 aliphatic heterocycles. The van der Waals surface area contributed by atoms with Crippen LogP contribution in [0.1, 0.15) is 24.5 Å². The molecule has 0 spiro atoms. The monoisotopic (exact) mass is 277 g/mol. The second kappa shape index (κ2) is 8.12. The lowest BCUT2D eigenvalue weighted by atomic mass is 10.1. The number of aliphatic carboxylic acids is 1. The molecule has 1 aromatic carbocycles. The number of anilines is 1. The Morgan fingerprint density at radius 3 is 2.80 bits per heavy atom. The second-order valence-electron chi connectivity index (χ2n) is 4.24. The van der Waals surface area contributed by atoms with Crippen molar-refractivity contribution in [3.8, 4) is 0 Å². The first-order chi connectivity index (χ1) is 9.52. The van der Waals surface area contributed by atoms with E-state index in [2.05, 4.69) is 5.32 Å². The average Bonchev–Trinajstić information content (AvgIpc) is 2.40. The van der Waals surface area contributed by atoms with Crippen molar-refractivity contribution in [3.63, 3.8) is 0 Å². The molecule has 108 valence electrons. The quantitative estimate of drug-likeness (QED) is 0.593. The third kappa shape index (κ3) is 5.67. The lowest BCUT2D eigenvalue weighted by molar-refractivity contribution is -0.131. The average molecular weight is 277 g/mol. The zero-order valence-corrected chi connectivity index (χ0v) is 11.7. The first kappa shape index (κ1) is 15.9. The zero-order chi connectivity index (χ0) is 15.0. The number of benzene rings is 1. The van der Waals surface area contributed by atoms with Gasteiger partial charge in [0.15, 0.2) is 0 Å². The summed E-state index contributed by atoms with van der Waals surface area (Å²) in [6.07, 6.45) is 2.84. The Labute approximate surface area is 118 Å². The van der Waals surface area contributed by atoms with Gasteiger partial charge in [-0.3, -0.25) is 4.79 Å². The number of hydrogen-bond acceptors (Lipinski definition) is 3. The van der Waals surface area contributed by atoms with Crippen LogP contribution in [0.3, 0.4) is 0 Å². The molecule has 0 atom stereocenters. The molecule has 1 aromatic rings. The summed E-state index contributed by atoms with van der Waals surface area (Å²) in [5.41, 5.74) is 2.32. The Morgan fingerprint density at radius 2 is 2.15 bits per heavy atom. The van der Waals surface area contributed by atoms with Crippen LogP contribution in [-0.2, 0) is 14.3 Å². The second-order valence-corrected chi connectivity index (χ2v) is 4.24. The van der Waals surface area contributed by atoms with Crippen LogP contribution >= 0.6 is 0 Å². The third-order valence-electron chi connectivity index (χ3n) is 2.63. The molecule has 5 nitrogen and oxygen atoms in total. The minimum Gasteiger partial charge on any atom is -0.478 e. The van der Waals surface area contributed by atoms with Crippen LogP contribution in [0.4, 0.5) is 5.69 Å². The van der Waals surface area contributed by atoms with Gasteiger partial charge in [0.05, 0.1) is 13.0 Å². The van der Waals surface area contributed by atoms with Crippen molar-refractivity contribution >= 4 is 23.6 Å². The number of carboxylic acids is 1. The number of amides is 1. The van der Waals surface area contributed by atoms with E-state index in [4.69, 9.17) is 9.84 Å². The number of aryl methyl sites for hydroxylation is 1. The van der Waals surface area contributed by atoms with Crippen LogP contribution in [0.15, 0.2) is 24.3 Å². The number of ether oxygens (including phenoxy) is 1. The Hall–Kier alpha value is -2.14. The summed E-state index contributed by atoms with van der Waals surface area (Å²) in [6, 6.07) is 5.37. The normalized spacial score (nSPS) is 10.7. The topological polar surface area (TPSA) is 75.6 Å². The molecular weight excluding hydrogens is 258 g/mol. The fourth-order valence-corrected chi connectivity index (χ4v) is 1.57. The van der Waals surface area contributed by atoms with E-state index in [9.17, 15) is 9.59 Å². The van der Waals surface area contributed by atoms with Gasteiger partial charge in [-0.05, 0) is 37.1 Å². The van der Waals surface area contributed by atoms with Gasteiger partial charge in [0, 0.05) is 18.4 Å². The van der Waals surface area contributed by atoms with Gasteiger partial charge in [-0.2, -0.15) is 0 Å². The summed E-state index contributed by atoms with van der Waals surface area (Å²) in [7, 11) is 0. The van der Waals surface area contributed by atoms with Crippen molar-refractivity contribution < 1.29 is 19.4 Å². The third-order valence-corrected chi connectivity index (χ3v) is 2.63. The molecule has 0 unspecified atom stereocenters. The lowest BCUT2D eigenvalue weighted by Crippen LogP contribution is -2.15. The Morgan fingerprint density at radius 1 is 1.40 bits per heavy atom.